The second-order valence-electron chi connectivity index (χ2n) is 12.1. The Kier molecular flexibility index (Phi) is 4.66. The lowest BCUT2D eigenvalue weighted by Crippen LogP contribution is -1.91. The van der Waals surface area contributed by atoms with Gasteiger partial charge in [0.1, 0.15) is 11.2 Å². The molecule has 0 unspecified atom stereocenters. The zero-order chi connectivity index (χ0) is 35.2. The topological polar surface area (TPSA) is 13.1 Å². The lowest BCUT2D eigenvalue weighted by atomic mass is 9.84. The SMILES string of the molecule is [2H]c1c([2H])c([2H])c(-c2ccc3c(c2)oc2cc(-c4c5ccccc5c(-c5cccc6c5ccc5ccccc56)c5ccccc45)ccc23)c([2H])c1[2H]. The van der Waals surface area contributed by atoms with Gasteiger partial charge in [-0.3, -0.25) is 0 Å². The molecule has 9 aromatic carbocycles. The predicted octanol–water partition coefficient (Wildman–Crippen LogP) is 13.2. The Balaban J connectivity index is 1.20. The molecule has 0 radical (unpaired) electrons. The fraction of sp³-hybridized carbons (Fsp3) is 0. The highest BCUT2D eigenvalue weighted by atomic mass is 16.3. The summed E-state index contributed by atoms with van der Waals surface area (Å²) in [5.74, 6) is 0. The summed E-state index contributed by atoms with van der Waals surface area (Å²) in [4.78, 5) is 0. The number of hydrogen-bond acceptors (Lipinski definition) is 1. The Hall–Kier alpha value is -6.18. The van der Waals surface area contributed by atoms with Crippen molar-refractivity contribution in [2.75, 3.05) is 0 Å². The highest BCUT2D eigenvalue weighted by Gasteiger charge is 2.19. The number of hydrogen-bond donors (Lipinski definition) is 0. The van der Waals surface area contributed by atoms with Gasteiger partial charge in [0.05, 0.1) is 6.85 Å². The third-order valence-corrected chi connectivity index (χ3v) is 9.54. The van der Waals surface area contributed by atoms with Crippen LogP contribution in [-0.2, 0) is 0 Å². The second kappa shape index (κ2) is 10.2. The van der Waals surface area contributed by atoms with Gasteiger partial charge in [0.15, 0.2) is 0 Å². The van der Waals surface area contributed by atoms with E-state index < -0.39 is 6.04 Å². The summed E-state index contributed by atoms with van der Waals surface area (Å²) in [7, 11) is 0. The van der Waals surface area contributed by atoms with Gasteiger partial charge in [-0.25, -0.2) is 0 Å². The normalized spacial score (nSPS) is 13.3. The average molecular weight is 602 g/mol. The van der Waals surface area contributed by atoms with Gasteiger partial charge < -0.3 is 4.42 Å². The molecule has 0 fully saturated rings. The van der Waals surface area contributed by atoms with Gasteiger partial charge in [-0.15, -0.1) is 0 Å². The van der Waals surface area contributed by atoms with E-state index in [1.165, 1.54) is 43.4 Å². The van der Waals surface area contributed by atoms with Gasteiger partial charge in [-0.05, 0) is 101 Å². The van der Waals surface area contributed by atoms with Crippen LogP contribution < -0.4 is 0 Å². The first-order chi connectivity index (χ1) is 25.4. The van der Waals surface area contributed by atoms with E-state index in [0.29, 0.717) is 16.7 Å². The molecule has 0 atom stereocenters. The molecule has 0 aliphatic carbocycles. The van der Waals surface area contributed by atoms with Gasteiger partial charge in [0.2, 0.25) is 0 Å². The van der Waals surface area contributed by atoms with Crippen molar-refractivity contribution >= 4 is 65.0 Å². The van der Waals surface area contributed by atoms with Crippen LogP contribution in [0.25, 0.3) is 98.4 Å². The van der Waals surface area contributed by atoms with Crippen molar-refractivity contribution < 1.29 is 11.3 Å². The molecule has 0 spiro atoms. The van der Waals surface area contributed by atoms with Gasteiger partial charge in [0.25, 0.3) is 0 Å². The van der Waals surface area contributed by atoms with Crippen LogP contribution in [0.3, 0.4) is 0 Å². The van der Waals surface area contributed by atoms with Crippen molar-refractivity contribution in [2.45, 2.75) is 0 Å². The van der Waals surface area contributed by atoms with Crippen LogP contribution in [0.2, 0.25) is 0 Å². The van der Waals surface area contributed by atoms with E-state index in [-0.39, 0.29) is 29.7 Å². The Bertz CT molecular complexity index is 3050. The number of benzene rings is 9. The van der Waals surface area contributed by atoms with E-state index in [4.69, 9.17) is 11.3 Å². The van der Waals surface area contributed by atoms with E-state index >= 15 is 0 Å². The zero-order valence-corrected chi connectivity index (χ0v) is 25.2. The highest BCUT2D eigenvalue weighted by Crippen LogP contribution is 2.46. The molecule has 1 aromatic heterocycles. The van der Waals surface area contributed by atoms with Crippen molar-refractivity contribution in [3.63, 3.8) is 0 Å². The molecule has 0 bridgehead atoms. The molecular weight excluding hydrogens is 569 g/mol. The summed E-state index contributed by atoms with van der Waals surface area (Å²) < 4.78 is 47.7. The maximum Gasteiger partial charge on any atom is 0.136 e. The molecule has 0 N–H and O–H groups in total. The molecule has 10 aromatic rings. The molecule has 1 heterocycles. The smallest absolute Gasteiger partial charge is 0.136 e. The van der Waals surface area contributed by atoms with E-state index in [1.54, 1.807) is 12.1 Å². The molecule has 0 aliphatic heterocycles. The fourth-order valence-electron chi connectivity index (χ4n) is 7.47. The van der Waals surface area contributed by atoms with E-state index in [2.05, 4.69) is 121 Å². The molecule has 0 amide bonds. The number of furan rings is 1. The number of rotatable bonds is 3. The average Bonchev–Trinajstić information content (AvgIpc) is 3.55. The van der Waals surface area contributed by atoms with Crippen molar-refractivity contribution in [3.05, 3.63) is 170 Å². The minimum absolute atomic E-state index is 0.159. The zero-order valence-electron chi connectivity index (χ0n) is 30.2. The van der Waals surface area contributed by atoms with Crippen molar-refractivity contribution in [1.29, 1.82) is 0 Å². The third kappa shape index (κ3) is 3.97. The first-order valence-corrected chi connectivity index (χ1v) is 15.8. The summed E-state index contributed by atoms with van der Waals surface area (Å²) in [6.07, 6.45) is 0. The second-order valence-corrected chi connectivity index (χ2v) is 12.1. The summed E-state index contributed by atoms with van der Waals surface area (Å²) >= 11 is 0. The van der Waals surface area contributed by atoms with E-state index in [9.17, 15) is 0 Å². The molecule has 0 saturated carbocycles. The van der Waals surface area contributed by atoms with Crippen LogP contribution in [0.15, 0.2) is 174 Å². The maximum atomic E-state index is 8.48. The van der Waals surface area contributed by atoms with Crippen LogP contribution in [0.5, 0.6) is 0 Å². The monoisotopic (exact) mass is 601 g/mol. The van der Waals surface area contributed by atoms with Gasteiger partial charge in [-0.1, -0.05) is 145 Å². The first kappa shape index (κ1) is 21.5. The van der Waals surface area contributed by atoms with Crippen LogP contribution in [0.1, 0.15) is 6.85 Å². The first-order valence-electron chi connectivity index (χ1n) is 18.3. The fourth-order valence-corrected chi connectivity index (χ4v) is 7.47. The van der Waals surface area contributed by atoms with Gasteiger partial charge in [0, 0.05) is 10.8 Å². The van der Waals surface area contributed by atoms with E-state index in [0.717, 1.165) is 32.7 Å². The summed E-state index contributed by atoms with van der Waals surface area (Å²) in [5, 5.41) is 11.4. The largest absolute Gasteiger partial charge is 0.456 e. The van der Waals surface area contributed by atoms with E-state index in [1.807, 2.05) is 6.07 Å². The molecule has 218 valence electrons. The standard InChI is InChI=1S/C46H28O/c1-2-11-29(12-3-1)31-22-25-36-37-26-23-32(28-44(37)47-43(36)27-31)45-39-15-6-8-17-41(39)46(42-18-9-7-16-40(42)45)38-20-10-19-34-33-14-5-4-13-30(33)21-24-35(34)38/h1-28H/i1D,2D,3D,11D,12D. The Labute approximate surface area is 279 Å². The van der Waals surface area contributed by atoms with Crippen LogP contribution in [0.4, 0.5) is 0 Å². The molecule has 1 heteroatoms. The van der Waals surface area contributed by atoms with Crippen molar-refractivity contribution in [1.82, 2.24) is 0 Å². The Morgan fingerprint density at radius 1 is 0.362 bits per heavy atom. The van der Waals surface area contributed by atoms with Crippen molar-refractivity contribution in [3.8, 4) is 33.4 Å². The molecule has 47 heavy (non-hydrogen) atoms. The quantitative estimate of drug-likeness (QED) is 0.145. The van der Waals surface area contributed by atoms with Crippen LogP contribution >= 0.6 is 0 Å². The predicted molar refractivity (Wildman–Crippen MR) is 200 cm³/mol. The third-order valence-electron chi connectivity index (χ3n) is 9.54. The summed E-state index contributed by atoms with van der Waals surface area (Å²) in [5.41, 5.74) is 6.53. The minimum atomic E-state index is -0.407. The summed E-state index contributed by atoms with van der Waals surface area (Å²) in [6.45, 7) is 0. The minimum Gasteiger partial charge on any atom is -0.456 e. The molecule has 0 aliphatic rings. The molecule has 0 saturated heterocycles. The summed E-state index contributed by atoms with van der Waals surface area (Å²) in [6, 6.07) is 47.2. The number of fused-ring (bicyclic) bond motifs is 8. The maximum absolute atomic E-state index is 8.48. The molecule has 1 nitrogen and oxygen atoms in total. The lowest BCUT2D eigenvalue weighted by molar-refractivity contribution is 0.669. The van der Waals surface area contributed by atoms with Gasteiger partial charge >= 0.3 is 0 Å². The van der Waals surface area contributed by atoms with Crippen LogP contribution in [0, 0.1) is 0 Å². The van der Waals surface area contributed by atoms with Crippen LogP contribution in [-0.4, -0.2) is 0 Å². The Morgan fingerprint density at radius 2 is 0.915 bits per heavy atom. The lowest BCUT2D eigenvalue weighted by Gasteiger charge is -2.19. The Morgan fingerprint density at radius 3 is 1.62 bits per heavy atom. The van der Waals surface area contributed by atoms with Gasteiger partial charge in [-0.2, -0.15) is 0 Å². The molecule has 10 rings (SSSR count). The van der Waals surface area contributed by atoms with Crippen molar-refractivity contribution in [2.24, 2.45) is 0 Å². The highest BCUT2D eigenvalue weighted by molar-refractivity contribution is 6.25. The molecular formula is C46H28O.